The fourth-order valence-corrected chi connectivity index (χ4v) is 2.55. The van der Waals surface area contributed by atoms with E-state index < -0.39 is 15.3 Å². The standard InChI is InChI=1S/C9H17NO2S/c1-3-4-9(8-5-6-8)7(2)13(10,11)12/h3,7-9H,1,4-6H2,2H3,(H2,10,11,12)/t7-,9+/m1/s1. The van der Waals surface area contributed by atoms with Gasteiger partial charge in [0.05, 0.1) is 5.25 Å². The van der Waals surface area contributed by atoms with Crippen molar-refractivity contribution in [1.29, 1.82) is 0 Å². The van der Waals surface area contributed by atoms with E-state index in [-0.39, 0.29) is 5.92 Å². The zero-order chi connectivity index (χ0) is 10.1. The van der Waals surface area contributed by atoms with Gasteiger partial charge in [-0.05, 0) is 38.0 Å². The zero-order valence-electron chi connectivity index (χ0n) is 7.94. The summed E-state index contributed by atoms with van der Waals surface area (Å²) in [6.07, 6.45) is 4.81. The molecule has 0 heterocycles. The first kappa shape index (κ1) is 10.7. The van der Waals surface area contributed by atoms with Crippen molar-refractivity contribution in [1.82, 2.24) is 0 Å². The molecule has 2 atom stereocenters. The lowest BCUT2D eigenvalue weighted by atomic mass is 9.96. The van der Waals surface area contributed by atoms with Crippen LogP contribution in [0.15, 0.2) is 12.7 Å². The second-order valence-corrected chi connectivity index (χ2v) is 5.74. The van der Waals surface area contributed by atoms with Crippen molar-refractivity contribution in [2.24, 2.45) is 17.0 Å². The molecule has 0 aliphatic heterocycles. The summed E-state index contributed by atoms with van der Waals surface area (Å²) in [5.41, 5.74) is 0. The smallest absolute Gasteiger partial charge is 0.211 e. The Morgan fingerprint density at radius 1 is 1.62 bits per heavy atom. The summed E-state index contributed by atoms with van der Waals surface area (Å²) in [6, 6.07) is 0. The third-order valence-corrected chi connectivity index (χ3v) is 4.17. The highest BCUT2D eigenvalue weighted by Crippen LogP contribution is 2.41. The third kappa shape index (κ3) is 2.81. The minimum atomic E-state index is -3.38. The van der Waals surface area contributed by atoms with Gasteiger partial charge < -0.3 is 0 Å². The number of sulfonamides is 1. The summed E-state index contributed by atoms with van der Waals surface area (Å²) in [4.78, 5) is 0. The van der Waals surface area contributed by atoms with Crippen LogP contribution in [0.2, 0.25) is 0 Å². The second kappa shape index (κ2) is 3.80. The molecule has 1 rings (SSSR count). The molecule has 0 radical (unpaired) electrons. The Balaban J connectivity index is 2.68. The maximum atomic E-state index is 11.1. The molecule has 0 spiro atoms. The van der Waals surface area contributed by atoms with Crippen molar-refractivity contribution in [2.75, 3.05) is 0 Å². The Labute approximate surface area is 80.1 Å². The van der Waals surface area contributed by atoms with E-state index >= 15 is 0 Å². The van der Waals surface area contributed by atoms with Gasteiger partial charge in [0.1, 0.15) is 0 Å². The number of primary sulfonamides is 1. The van der Waals surface area contributed by atoms with Crippen LogP contribution in [0.3, 0.4) is 0 Å². The maximum Gasteiger partial charge on any atom is 0.211 e. The van der Waals surface area contributed by atoms with Crippen molar-refractivity contribution in [3.05, 3.63) is 12.7 Å². The summed E-state index contributed by atoms with van der Waals surface area (Å²) >= 11 is 0. The highest BCUT2D eigenvalue weighted by molar-refractivity contribution is 7.89. The molecule has 1 fully saturated rings. The number of hydrogen-bond acceptors (Lipinski definition) is 2. The predicted molar refractivity (Wildman–Crippen MR) is 53.6 cm³/mol. The number of hydrogen-bond donors (Lipinski definition) is 1. The van der Waals surface area contributed by atoms with Crippen LogP contribution in [0.25, 0.3) is 0 Å². The van der Waals surface area contributed by atoms with E-state index in [4.69, 9.17) is 5.14 Å². The van der Waals surface area contributed by atoms with Gasteiger partial charge in [-0.15, -0.1) is 6.58 Å². The van der Waals surface area contributed by atoms with Crippen LogP contribution in [0.1, 0.15) is 26.2 Å². The molecule has 3 nitrogen and oxygen atoms in total. The summed E-state index contributed by atoms with van der Waals surface area (Å²) in [5.74, 6) is 0.721. The van der Waals surface area contributed by atoms with Crippen molar-refractivity contribution in [3.8, 4) is 0 Å². The SMILES string of the molecule is C=CC[C@H](C1CC1)[C@@H](C)S(N)(=O)=O. The van der Waals surface area contributed by atoms with E-state index in [9.17, 15) is 8.42 Å². The second-order valence-electron chi connectivity index (χ2n) is 3.82. The monoisotopic (exact) mass is 203 g/mol. The van der Waals surface area contributed by atoms with Crippen molar-refractivity contribution >= 4 is 10.0 Å². The van der Waals surface area contributed by atoms with Crippen LogP contribution in [-0.2, 0) is 10.0 Å². The molecule has 0 unspecified atom stereocenters. The zero-order valence-corrected chi connectivity index (χ0v) is 8.76. The molecule has 0 aromatic carbocycles. The Kier molecular flexibility index (Phi) is 3.14. The highest BCUT2D eigenvalue weighted by atomic mass is 32.2. The van der Waals surface area contributed by atoms with E-state index in [0.717, 1.165) is 19.3 Å². The number of nitrogens with two attached hydrogens (primary N) is 1. The maximum absolute atomic E-state index is 11.1. The van der Waals surface area contributed by atoms with Crippen molar-refractivity contribution in [3.63, 3.8) is 0 Å². The lowest BCUT2D eigenvalue weighted by Crippen LogP contribution is -2.33. The quantitative estimate of drug-likeness (QED) is 0.684. The van der Waals surface area contributed by atoms with Crippen LogP contribution in [0.4, 0.5) is 0 Å². The molecular weight excluding hydrogens is 186 g/mol. The number of allylic oxidation sites excluding steroid dienone is 1. The molecule has 0 aromatic heterocycles. The van der Waals surface area contributed by atoms with Crippen LogP contribution < -0.4 is 5.14 Å². The van der Waals surface area contributed by atoms with E-state index in [1.165, 1.54) is 0 Å². The van der Waals surface area contributed by atoms with Gasteiger partial charge in [-0.2, -0.15) is 0 Å². The summed E-state index contributed by atoms with van der Waals surface area (Å²) in [6.45, 7) is 5.34. The van der Waals surface area contributed by atoms with Crippen LogP contribution >= 0.6 is 0 Å². The Morgan fingerprint density at radius 2 is 2.15 bits per heavy atom. The molecule has 0 aromatic rings. The minimum Gasteiger partial charge on any atom is -0.228 e. The van der Waals surface area contributed by atoms with Gasteiger partial charge >= 0.3 is 0 Å². The van der Waals surface area contributed by atoms with E-state index in [1.54, 1.807) is 13.0 Å². The van der Waals surface area contributed by atoms with Gasteiger partial charge in [0, 0.05) is 0 Å². The molecule has 0 amide bonds. The lowest BCUT2D eigenvalue weighted by molar-refractivity contribution is 0.443. The fourth-order valence-electron chi connectivity index (χ4n) is 1.73. The summed E-state index contributed by atoms with van der Waals surface area (Å²) in [7, 11) is -3.38. The third-order valence-electron chi connectivity index (χ3n) is 2.79. The molecule has 1 saturated carbocycles. The predicted octanol–water partition coefficient (Wildman–Crippen LogP) is 1.27. The molecule has 4 heteroatoms. The fraction of sp³-hybridized carbons (Fsp3) is 0.778. The van der Waals surface area contributed by atoms with E-state index in [0.29, 0.717) is 5.92 Å². The van der Waals surface area contributed by atoms with Gasteiger partial charge in [-0.25, -0.2) is 13.6 Å². The molecule has 1 aliphatic rings. The van der Waals surface area contributed by atoms with Gasteiger partial charge in [-0.1, -0.05) is 6.08 Å². The molecule has 13 heavy (non-hydrogen) atoms. The molecule has 2 N–H and O–H groups in total. The van der Waals surface area contributed by atoms with E-state index in [1.807, 2.05) is 0 Å². The molecular formula is C9H17NO2S. The number of rotatable bonds is 5. The molecule has 1 aliphatic carbocycles. The Bertz CT molecular complexity index is 280. The normalized spacial score (nSPS) is 22.3. The summed E-state index contributed by atoms with van der Waals surface area (Å²) in [5, 5.41) is 4.68. The van der Waals surface area contributed by atoms with Crippen molar-refractivity contribution < 1.29 is 8.42 Å². The van der Waals surface area contributed by atoms with E-state index in [2.05, 4.69) is 6.58 Å². The molecule has 0 saturated heterocycles. The van der Waals surface area contributed by atoms with Gasteiger partial charge in [0.15, 0.2) is 0 Å². The van der Waals surface area contributed by atoms with Crippen LogP contribution in [0.5, 0.6) is 0 Å². The Hall–Kier alpha value is -0.350. The van der Waals surface area contributed by atoms with Gasteiger partial charge in [0.2, 0.25) is 10.0 Å². The topological polar surface area (TPSA) is 60.2 Å². The first-order valence-electron chi connectivity index (χ1n) is 4.59. The molecule has 76 valence electrons. The summed E-state index contributed by atoms with van der Waals surface area (Å²) < 4.78 is 22.2. The molecule has 0 bridgehead atoms. The van der Waals surface area contributed by atoms with Gasteiger partial charge in [-0.3, -0.25) is 0 Å². The van der Waals surface area contributed by atoms with Crippen LogP contribution in [0, 0.1) is 11.8 Å². The highest BCUT2D eigenvalue weighted by Gasteiger charge is 2.37. The van der Waals surface area contributed by atoms with Gasteiger partial charge in [0.25, 0.3) is 0 Å². The lowest BCUT2D eigenvalue weighted by Gasteiger charge is -2.20. The Morgan fingerprint density at radius 3 is 2.46 bits per heavy atom. The minimum absolute atomic E-state index is 0.174. The van der Waals surface area contributed by atoms with Crippen LogP contribution in [-0.4, -0.2) is 13.7 Å². The average molecular weight is 203 g/mol. The largest absolute Gasteiger partial charge is 0.228 e. The average Bonchev–Trinajstić information content (AvgIpc) is 2.79. The first-order valence-corrected chi connectivity index (χ1v) is 6.20. The first-order chi connectivity index (χ1) is 5.96. The van der Waals surface area contributed by atoms with Crippen molar-refractivity contribution in [2.45, 2.75) is 31.4 Å².